The first-order chi connectivity index (χ1) is 41.9. The van der Waals surface area contributed by atoms with Crippen LogP contribution in [0.1, 0.15) is 158 Å². The number of sulfonamides is 1. The number of ketones is 1. The van der Waals surface area contributed by atoms with Crippen molar-refractivity contribution in [2.45, 2.75) is 266 Å². The van der Waals surface area contributed by atoms with Gasteiger partial charge in [0.1, 0.15) is 43.7 Å². The number of carbonyl (C=O) groups is 4. The SMILES string of the molecule is C.CO/N=C1\C[C@@H](C)O[C@@H](O[C@@H]2[C@@H](C)[C@H](O[C@H]3C[C@@H](C)N(CC(C)(C)C)C[C@H](C)O3)[C@@H](C)C(=O)O[C@H]([C@@H](C)CO[C@@H]3O[C@H](C)[C@@H](O)[C@@H](OC)[C@H]3OC)[C@H](C)[C@@H](OC(=O)CC(C)C)[C@@H](C)C(=O)[C@@](C)(OC(=O)NC(C)(C)CNS(=O)(=O)c3ccccc3)C[C@@H]2C)[C@@H]1O. The van der Waals surface area contributed by atoms with Crippen LogP contribution >= 0.6 is 0 Å². The topological polar surface area (TPSA) is 293 Å². The normalized spacial score (nSPS) is 36.3. The van der Waals surface area contributed by atoms with Crippen LogP contribution in [0.4, 0.5) is 4.79 Å². The predicted octanol–water partition coefficient (Wildman–Crippen LogP) is 7.82. The van der Waals surface area contributed by atoms with Crippen molar-refractivity contribution >= 4 is 39.6 Å². The van der Waals surface area contributed by atoms with Crippen LogP contribution in [0.3, 0.4) is 0 Å². The second kappa shape index (κ2) is 34.1. The van der Waals surface area contributed by atoms with Crippen molar-refractivity contribution < 1.29 is 94.8 Å². The first kappa shape index (κ1) is 79.5. The quantitative estimate of drug-likeness (QED) is 0.0518. The molecule has 1 amide bonds. The van der Waals surface area contributed by atoms with Crippen molar-refractivity contribution in [3.63, 3.8) is 0 Å². The third-order valence-corrected chi connectivity index (χ3v) is 19.0. The number of aliphatic hydroxyl groups excluding tert-OH is 2. The Labute approximate surface area is 542 Å². The zero-order chi connectivity index (χ0) is 67.5. The molecule has 4 aliphatic heterocycles. The van der Waals surface area contributed by atoms with Crippen molar-refractivity contribution in [3.05, 3.63) is 30.3 Å². The minimum atomic E-state index is -4.04. The number of ether oxygens (including phenoxy) is 11. The molecule has 91 heavy (non-hydrogen) atoms. The number of rotatable bonds is 21. The molecule has 4 N–H and O–H groups in total. The highest BCUT2D eigenvalue weighted by atomic mass is 32.2. The lowest BCUT2D eigenvalue weighted by Gasteiger charge is -2.45. The molecular formula is C66H114N4O20S. The summed E-state index contributed by atoms with van der Waals surface area (Å²) >= 11 is 0. The minimum Gasteiger partial charge on any atom is -0.461 e. The van der Waals surface area contributed by atoms with Gasteiger partial charge in [-0.15, -0.1) is 0 Å². The zero-order valence-electron chi connectivity index (χ0n) is 57.3. The first-order valence-electron chi connectivity index (χ1n) is 32.0. The van der Waals surface area contributed by atoms with Gasteiger partial charge in [-0.3, -0.25) is 19.3 Å². The molecule has 0 radical (unpaired) electrons. The monoisotopic (exact) mass is 1310 g/mol. The summed E-state index contributed by atoms with van der Waals surface area (Å²) in [5.41, 5.74) is -3.25. The lowest BCUT2D eigenvalue weighted by molar-refractivity contribution is -0.305. The Kier molecular flexibility index (Phi) is 29.8. The molecule has 0 aromatic heterocycles. The van der Waals surface area contributed by atoms with E-state index in [0.717, 1.165) is 6.54 Å². The van der Waals surface area contributed by atoms with Crippen LogP contribution in [-0.4, -0.2) is 204 Å². The molecule has 4 heterocycles. The Morgan fingerprint density at radius 3 is 2.04 bits per heavy atom. The fourth-order valence-electron chi connectivity index (χ4n) is 13.0. The molecule has 1 aromatic rings. The number of hydrogen-bond donors (Lipinski definition) is 4. The highest BCUT2D eigenvalue weighted by Crippen LogP contribution is 2.41. The fourth-order valence-corrected chi connectivity index (χ4v) is 14.2. The number of alkyl carbamates (subject to hydrolysis) is 1. The number of Topliss-reactive ketones (excluding diaryl/α,β-unsaturated/α-hetero) is 1. The molecule has 0 bridgehead atoms. The molecule has 4 aliphatic rings. The molecule has 1 aromatic carbocycles. The molecule has 5 rings (SSSR count). The van der Waals surface area contributed by atoms with E-state index >= 15 is 9.59 Å². The summed E-state index contributed by atoms with van der Waals surface area (Å²) in [7, 11) is 0.209. The second-order valence-corrected chi connectivity index (χ2v) is 30.1. The van der Waals surface area contributed by atoms with Crippen molar-refractivity contribution in [3.8, 4) is 0 Å². The van der Waals surface area contributed by atoms with Crippen molar-refractivity contribution in [1.29, 1.82) is 0 Å². The van der Waals surface area contributed by atoms with Crippen LogP contribution in [0.2, 0.25) is 0 Å². The lowest BCUT2D eigenvalue weighted by Crippen LogP contribution is -2.59. The Hall–Kier alpha value is -3.96. The third kappa shape index (κ3) is 21.8. The van der Waals surface area contributed by atoms with E-state index in [9.17, 15) is 28.2 Å². The van der Waals surface area contributed by atoms with E-state index in [-0.39, 0.29) is 73.9 Å². The maximum Gasteiger partial charge on any atom is 0.408 e. The number of oxime groups is 1. The number of esters is 2. The maximum atomic E-state index is 16.1. The Morgan fingerprint density at radius 1 is 0.813 bits per heavy atom. The Balaban J connectivity index is 0.0000177. The molecule has 0 unspecified atom stereocenters. The zero-order valence-corrected chi connectivity index (χ0v) is 58.1. The van der Waals surface area contributed by atoms with Crippen molar-refractivity contribution in [2.24, 2.45) is 52.0 Å². The summed E-state index contributed by atoms with van der Waals surface area (Å²) in [5, 5.41) is 29.9. The molecule has 4 fully saturated rings. The number of amides is 1. The van der Waals surface area contributed by atoms with E-state index < -0.39 is 160 Å². The van der Waals surface area contributed by atoms with Gasteiger partial charge in [-0.2, -0.15) is 0 Å². The van der Waals surface area contributed by atoms with Gasteiger partial charge >= 0.3 is 18.0 Å². The molecule has 0 spiro atoms. The number of methoxy groups -OCH3 is 2. The molecular weight excluding hydrogens is 1200 g/mol. The standard InChI is InChI=1S/C65H110N4O20S.CH4/c1-35(2)27-48(70)85-54-42(9)53(37(4)32-81-61-57(79-20)56(78-19)50(71)45(12)84-61)87-59(74)44(11)55(86-49-28-38(5)69(31-40(7)82-49)34-63(13,14)15)41(8)52(88-60-51(72)47(68-80-21)29-39(6)83-60)36(3)30-65(18,58(73)43(54)10)89-62(75)67-64(16,17)33-66-90(76,77)46-25-23-22-24-26-46;/h22-26,35-45,49-57,60-61,66,71-72H,27-34H2,1-21H3,(H,67,75);1H4/b68-47+;/t36-,37-,38+,39+,40-,41+,42-,43+,44+,45+,49-,50+,51+,52-,53+,54+,55-,56+,57+,60-,61+,65-;/m0./s1. The van der Waals surface area contributed by atoms with Gasteiger partial charge in [0.25, 0.3) is 0 Å². The maximum absolute atomic E-state index is 16.1. The Bertz CT molecular complexity index is 2610. The summed E-state index contributed by atoms with van der Waals surface area (Å²) < 4.78 is 101. The van der Waals surface area contributed by atoms with Crippen LogP contribution in [-0.2, 0) is 81.3 Å². The largest absolute Gasteiger partial charge is 0.461 e. The van der Waals surface area contributed by atoms with Gasteiger partial charge in [-0.25, -0.2) is 17.9 Å². The fraction of sp³-hybridized carbons (Fsp3) is 0.833. The van der Waals surface area contributed by atoms with Gasteiger partial charge in [-0.05, 0) is 91.2 Å². The smallest absolute Gasteiger partial charge is 0.408 e. The second-order valence-electron chi connectivity index (χ2n) is 28.4. The van der Waals surface area contributed by atoms with E-state index in [1.165, 1.54) is 40.4 Å². The average molecular weight is 1320 g/mol. The predicted molar refractivity (Wildman–Crippen MR) is 341 cm³/mol. The summed E-state index contributed by atoms with van der Waals surface area (Å²) in [4.78, 5) is 68.2. The number of carbonyl (C=O) groups excluding carboxylic acids is 4. The van der Waals surface area contributed by atoms with Gasteiger partial charge < -0.3 is 72.5 Å². The first-order valence-corrected chi connectivity index (χ1v) is 33.5. The highest BCUT2D eigenvalue weighted by molar-refractivity contribution is 7.89. The van der Waals surface area contributed by atoms with Crippen LogP contribution in [0, 0.1) is 46.8 Å². The van der Waals surface area contributed by atoms with Crippen molar-refractivity contribution in [1.82, 2.24) is 14.9 Å². The summed E-state index contributed by atoms with van der Waals surface area (Å²) in [6, 6.07) is 7.70. The average Bonchev–Trinajstić information content (AvgIpc) is 0.967. The number of cyclic esters (lactones) is 1. The molecule has 0 aliphatic carbocycles. The van der Waals surface area contributed by atoms with Crippen molar-refractivity contribution in [2.75, 3.05) is 47.6 Å². The van der Waals surface area contributed by atoms with Gasteiger partial charge in [0, 0.05) is 76.9 Å². The van der Waals surface area contributed by atoms with Gasteiger partial charge in [0.15, 0.2) is 30.3 Å². The summed E-state index contributed by atoms with van der Waals surface area (Å²) in [5.74, 6) is -8.14. The minimum absolute atomic E-state index is 0. The third-order valence-electron chi connectivity index (χ3n) is 17.6. The van der Waals surface area contributed by atoms with E-state index in [1.807, 2.05) is 27.7 Å². The van der Waals surface area contributed by atoms with Gasteiger partial charge in [-0.1, -0.05) is 100 Å². The van der Waals surface area contributed by atoms with E-state index in [1.54, 1.807) is 80.5 Å². The van der Waals surface area contributed by atoms with Gasteiger partial charge in [0.05, 0.1) is 65.1 Å². The van der Waals surface area contributed by atoms with Crippen LogP contribution in [0.5, 0.6) is 0 Å². The summed E-state index contributed by atoms with van der Waals surface area (Å²) in [6.07, 6.45) is -14.8. The van der Waals surface area contributed by atoms with E-state index in [4.69, 9.17) is 56.9 Å². The Morgan fingerprint density at radius 2 is 1.45 bits per heavy atom. The molecule has 0 saturated carbocycles. The molecule has 24 nitrogen and oxygen atoms in total. The van der Waals surface area contributed by atoms with Crippen LogP contribution < -0.4 is 10.0 Å². The van der Waals surface area contributed by atoms with Crippen LogP contribution in [0.25, 0.3) is 0 Å². The number of benzene rings is 1. The lowest BCUT2D eigenvalue weighted by atomic mass is 9.74. The van der Waals surface area contributed by atoms with E-state index in [2.05, 4.69) is 47.8 Å². The highest BCUT2D eigenvalue weighted by Gasteiger charge is 2.53. The van der Waals surface area contributed by atoms with Crippen LogP contribution in [0.15, 0.2) is 40.4 Å². The summed E-state index contributed by atoms with van der Waals surface area (Å²) in [6.45, 7) is 33.7. The molecule has 4 saturated heterocycles. The molecule has 524 valence electrons. The molecule has 25 heteroatoms. The number of aliphatic hydroxyl groups is 2. The number of nitrogens with one attached hydrogen (secondary N) is 2. The van der Waals surface area contributed by atoms with Gasteiger partial charge in [0.2, 0.25) is 10.0 Å². The number of nitrogens with zero attached hydrogens (tertiary/aromatic N) is 2. The van der Waals surface area contributed by atoms with E-state index in [0.29, 0.717) is 13.0 Å². The number of hydrogen-bond acceptors (Lipinski definition) is 22. The molecule has 22 atom stereocenters.